The number of aromatic nitrogens is 1. The molecule has 2 fully saturated rings. The lowest BCUT2D eigenvalue weighted by Gasteiger charge is -2.47. The highest BCUT2D eigenvalue weighted by molar-refractivity contribution is 5.36. The first kappa shape index (κ1) is 13.8. The summed E-state index contributed by atoms with van der Waals surface area (Å²) in [6.07, 6.45) is 7.46. The molecule has 0 bridgehead atoms. The van der Waals surface area contributed by atoms with Crippen molar-refractivity contribution in [3.63, 3.8) is 0 Å². The second-order valence-corrected chi connectivity index (χ2v) is 6.33. The summed E-state index contributed by atoms with van der Waals surface area (Å²) in [5.74, 6) is 1.39. The fraction of sp³-hybridized carbons (Fsp3) is 0.688. The van der Waals surface area contributed by atoms with Crippen molar-refractivity contribution in [1.82, 2.24) is 9.88 Å². The third-order valence-electron chi connectivity index (χ3n) is 5.00. The van der Waals surface area contributed by atoms with Gasteiger partial charge in [0, 0.05) is 38.8 Å². The van der Waals surface area contributed by atoms with Gasteiger partial charge < -0.3 is 10.4 Å². The topological polar surface area (TPSA) is 48.4 Å². The van der Waals surface area contributed by atoms with E-state index in [-0.39, 0.29) is 5.60 Å². The summed E-state index contributed by atoms with van der Waals surface area (Å²) in [7, 11) is 1.90. The Bertz CT molecular complexity index is 465. The van der Waals surface area contributed by atoms with Crippen LogP contribution in [-0.4, -0.2) is 40.7 Å². The summed E-state index contributed by atoms with van der Waals surface area (Å²) in [5.41, 5.74) is 0.925. The molecular formula is C16H25N3O. The van der Waals surface area contributed by atoms with Gasteiger partial charge in [-0.3, -0.25) is 4.90 Å². The van der Waals surface area contributed by atoms with E-state index < -0.39 is 0 Å². The van der Waals surface area contributed by atoms with Gasteiger partial charge in [-0.25, -0.2) is 4.98 Å². The predicted octanol–water partition coefficient (Wildman–Crippen LogP) is 2.25. The Balaban J connectivity index is 1.64. The molecule has 0 spiro atoms. The number of piperidine rings is 1. The fourth-order valence-electron chi connectivity index (χ4n) is 3.75. The van der Waals surface area contributed by atoms with E-state index in [0.717, 1.165) is 38.3 Å². The zero-order valence-electron chi connectivity index (χ0n) is 12.3. The van der Waals surface area contributed by atoms with Crippen molar-refractivity contribution in [3.05, 3.63) is 23.9 Å². The number of likely N-dealkylation sites (tertiary alicyclic amines) is 1. The Morgan fingerprint density at radius 1 is 1.45 bits per heavy atom. The molecule has 2 N–H and O–H groups in total. The molecule has 1 aliphatic heterocycles. The maximum absolute atomic E-state index is 10.7. The standard InChI is InChI=1S/C16H25N3O/c1-17-15-10-13(5-8-18-15)11-19-9-7-16(20)6-3-2-4-14(16)12-19/h5,8,10,14,20H,2-4,6-7,9,11-12H2,1H3,(H,17,18). The maximum Gasteiger partial charge on any atom is 0.125 e. The van der Waals surface area contributed by atoms with Gasteiger partial charge >= 0.3 is 0 Å². The van der Waals surface area contributed by atoms with Crippen LogP contribution in [0.1, 0.15) is 37.7 Å². The molecule has 3 rings (SSSR count). The van der Waals surface area contributed by atoms with E-state index in [0.29, 0.717) is 5.92 Å². The van der Waals surface area contributed by atoms with Crippen LogP contribution in [0.5, 0.6) is 0 Å². The average Bonchev–Trinajstić information content (AvgIpc) is 2.48. The van der Waals surface area contributed by atoms with Crippen LogP contribution in [0.4, 0.5) is 5.82 Å². The van der Waals surface area contributed by atoms with Crippen LogP contribution < -0.4 is 5.32 Å². The van der Waals surface area contributed by atoms with Crippen molar-refractivity contribution >= 4 is 5.82 Å². The van der Waals surface area contributed by atoms with Crippen molar-refractivity contribution in [2.24, 2.45) is 5.92 Å². The van der Waals surface area contributed by atoms with Crippen LogP contribution >= 0.6 is 0 Å². The lowest BCUT2D eigenvalue weighted by atomic mass is 9.71. The van der Waals surface area contributed by atoms with Crippen LogP contribution in [0.25, 0.3) is 0 Å². The normalized spacial score (nSPS) is 30.8. The van der Waals surface area contributed by atoms with Crippen molar-refractivity contribution in [2.45, 2.75) is 44.2 Å². The van der Waals surface area contributed by atoms with Crippen LogP contribution in [0.3, 0.4) is 0 Å². The zero-order chi connectivity index (χ0) is 14.0. The average molecular weight is 275 g/mol. The minimum Gasteiger partial charge on any atom is -0.390 e. The number of hydrogen-bond donors (Lipinski definition) is 2. The van der Waals surface area contributed by atoms with Gasteiger partial charge in [-0.05, 0) is 37.0 Å². The first-order valence-corrected chi connectivity index (χ1v) is 7.77. The van der Waals surface area contributed by atoms with Gasteiger partial charge in [0.05, 0.1) is 5.60 Å². The number of nitrogens with zero attached hydrogens (tertiary/aromatic N) is 2. The molecule has 0 aromatic carbocycles. The van der Waals surface area contributed by atoms with Crippen LogP contribution in [0.15, 0.2) is 18.3 Å². The van der Waals surface area contributed by atoms with E-state index in [4.69, 9.17) is 0 Å². The van der Waals surface area contributed by atoms with E-state index in [2.05, 4.69) is 27.3 Å². The highest BCUT2D eigenvalue weighted by atomic mass is 16.3. The third kappa shape index (κ3) is 2.81. The second kappa shape index (κ2) is 5.70. The number of pyridine rings is 1. The summed E-state index contributed by atoms with van der Waals surface area (Å²) in [6, 6.07) is 4.20. The molecule has 0 amide bonds. The first-order valence-electron chi connectivity index (χ1n) is 7.77. The minimum atomic E-state index is -0.372. The zero-order valence-corrected chi connectivity index (χ0v) is 12.3. The van der Waals surface area contributed by atoms with Crippen molar-refractivity contribution in [1.29, 1.82) is 0 Å². The quantitative estimate of drug-likeness (QED) is 0.888. The summed E-state index contributed by atoms with van der Waals surface area (Å²) < 4.78 is 0. The molecule has 1 aromatic heterocycles. The van der Waals surface area contributed by atoms with Crippen LogP contribution in [0, 0.1) is 5.92 Å². The SMILES string of the molecule is CNc1cc(CN2CCC3(O)CCCCC3C2)ccn1. The van der Waals surface area contributed by atoms with Gasteiger partial charge in [0.25, 0.3) is 0 Å². The molecule has 0 radical (unpaired) electrons. The number of fused-ring (bicyclic) bond motifs is 1. The van der Waals surface area contributed by atoms with E-state index in [1.165, 1.54) is 24.8 Å². The minimum absolute atomic E-state index is 0.372. The van der Waals surface area contributed by atoms with E-state index in [1.54, 1.807) is 0 Å². The van der Waals surface area contributed by atoms with E-state index in [1.807, 2.05) is 13.2 Å². The Morgan fingerprint density at radius 2 is 2.35 bits per heavy atom. The lowest BCUT2D eigenvalue weighted by molar-refractivity contribution is -0.0967. The number of nitrogens with one attached hydrogen (secondary N) is 1. The summed E-state index contributed by atoms with van der Waals surface area (Å²) >= 11 is 0. The number of hydrogen-bond acceptors (Lipinski definition) is 4. The van der Waals surface area contributed by atoms with E-state index in [9.17, 15) is 5.11 Å². The first-order chi connectivity index (χ1) is 9.69. The van der Waals surface area contributed by atoms with Crippen LogP contribution in [0.2, 0.25) is 0 Å². The Kier molecular flexibility index (Phi) is 3.94. The Hall–Kier alpha value is -1.13. The molecule has 2 heterocycles. The van der Waals surface area contributed by atoms with Gasteiger partial charge in [-0.2, -0.15) is 0 Å². The molecule has 4 heteroatoms. The molecule has 2 atom stereocenters. The smallest absolute Gasteiger partial charge is 0.125 e. The summed E-state index contributed by atoms with van der Waals surface area (Å²) in [5, 5.41) is 13.8. The van der Waals surface area contributed by atoms with Crippen molar-refractivity contribution < 1.29 is 5.11 Å². The van der Waals surface area contributed by atoms with Gasteiger partial charge in [0.15, 0.2) is 0 Å². The molecular weight excluding hydrogens is 250 g/mol. The number of rotatable bonds is 3. The second-order valence-electron chi connectivity index (χ2n) is 6.33. The van der Waals surface area contributed by atoms with Gasteiger partial charge in [-0.1, -0.05) is 12.8 Å². The van der Waals surface area contributed by atoms with Crippen LogP contribution in [-0.2, 0) is 6.54 Å². The highest BCUT2D eigenvalue weighted by Gasteiger charge is 2.42. The van der Waals surface area contributed by atoms with Gasteiger partial charge in [0.1, 0.15) is 5.82 Å². The summed E-state index contributed by atoms with van der Waals surface area (Å²) in [4.78, 5) is 6.74. The number of anilines is 1. The van der Waals surface area contributed by atoms with E-state index >= 15 is 0 Å². The van der Waals surface area contributed by atoms with Gasteiger partial charge in [0.2, 0.25) is 0 Å². The molecule has 1 aliphatic carbocycles. The molecule has 1 aromatic rings. The molecule has 2 unspecified atom stereocenters. The fourth-order valence-corrected chi connectivity index (χ4v) is 3.75. The molecule has 1 saturated carbocycles. The molecule has 20 heavy (non-hydrogen) atoms. The predicted molar refractivity (Wildman–Crippen MR) is 80.6 cm³/mol. The number of aliphatic hydroxyl groups is 1. The Labute approximate surface area is 121 Å². The van der Waals surface area contributed by atoms with Gasteiger partial charge in [-0.15, -0.1) is 0 Å². The molecule has 2 aliphatic rings. The largest absolute Gasteiger partial charge is 0.390 e. The molecule has 110 valence electrons. The maximum atomic E-state index is 10.7. The monoisotopic (exact) mass is 275 g/mol. The third-order valence-corrected chi connectivity index (χ3v) is 5.00. The lowest BCUT2D eigenvalue weighted by Crippen LogP contribution is -2.52. The van der Waals surface area contributed by atoms with Crippen molar-refractivity contribution in [3.8, 4) is 0 Å². The molecule has 1 saturated heterocycles. The van der Waals surface area contributed by atoms with Crippen molar-refractivity contribution in [2.75, 3.05) is 25.5 Å². The summed E-state index contributed by atoms with van der Waals surface area (Å²) in [6.45, 7) is 3.00. The highest BCUT2D eigenvalue weighted by Crippen LogP contribution is 2.40. The Morgan fingerprint density at radius 3 is 3.20 bits per heavy atom. The molecule has 4 nitrogen and oxygen atoms in total.